The smallest absolute Gasteiger partial charge is 0.238 e. The van der Waals surface area contributed by atoms with Gasteiger partial charge >= 0.3 is 0 Å². The highest BCUT2D eigenvalue weighted by Crippen LogP contribution is 2.48. The average molecular weight is 252 g/mol. The molecule has 1 saturated carbocycles. The van der Waals surface area contributed by atoms with E-state index in [1.165, 1.54) is 6.42 Å². The molecular formula is C14H24N2O2. The second-order valence-electron chi connectivity index (χ2n) is 6.64. The highest BCUT2D eigenvalue weighted by Gasteiger charge is 2.58. The Morgan fingerprint density at radius 3 is 2.06 bits per heavy atom. The monoisotopic (exact) mass is 252 g/mol. The van der Waals surface area contributed by atoms with E-state index in [0.717, 1.165) is 25.9 Å². The van der Waals surface area contributed by atoms with Gasteiger partial charge in [0.05, 0.1) is 0 Å². The predicted octanol–water partition coefficient (Wildman–Crippen LogP) is 1.69. The molecule has 2 fully saturated rings. The van der Waals surface area contributed by atoms with Crippen molar-refractivity contribution in [2.24, 2.45) is 5.41 Å². The van der Waals surface area contributed by atoms with Crippen LogP contribution in [0.15, 0.2) is 0 Å². The highest BCUT2D eigenvalue weighted by molar-refractivity contribution is 6.08. The molecule has 1 aliphatic carbocycles. The lowest BCUT2D eigenvalue weighted by atomic mass is 9.99. The van der Waals surface area contributed by atoms with Gasteiger partial charge in [-0.3, -0.25) is 9.59 Å². The summed E-state index contributed by atoms with van der Waals surface area (Å²) in [6.45, 7) is 7.50. The molecule has 1 heterocycles. The number of nitrogens with one attached hydrogen (secondary N) is 1. The van der Waals surface area contributed by atoms with E-state index in [-0.39, 0.29) is 17.4 Å². The van der Waals surface area contributed by atoms with Gasteiger partial charge in [0.25, 0.3) is 0 Å². The molecule has 0 radical (unpaired) electrons. The summed E-state index contributed by atoms with van der Waals surface area (Å²) in [5.74, 6) is -0.0190. The van der Waals surface area contributed by atoms with Crippen molar-refractivity contribution in [2.45, 2.75) is 58.4 Å². The van der Waals surface area contributed by atoms with Gasteiger partial charge in [0.1, 0.15) is 5.41 Å². The van der Waals surface area contributed by atoms with Crippen LogP contribution < -0.4 is 5.32 Å². The number of nitrogens with zero attached hydrogens (tertiary/aromatic N) is 1. The first kappa shape index (κ1) is 13.4. The first-order valence-electron chi connectivity index (χ1n) is 6.97. The third kappa shape index (κ3) is 2.68. The Bertz CT molecular complexity index is 347. The molecule has 1 N–H and O–H groups in total. The lowest BCUT2D eigenvalue weighted by Gasteiger charge is -2.31. The second-order valence-corrected chi connectivity index (χ2v) is 6.64. The Kier molecular flexibility index (Phi) is 3.39. The number of carbonyl (C=O) groups excluding carboxylic acids is 2. The maximum Gasteiger partial charge on any atom is 0.238 e. The van der Waals surface area contributed by atoms with Crippen molar-refractivity contribution in [3.8, 4) is 0 Å². The van der Waals surface area contributed by atoms with E-state index in [1.807, 2.05) is 25.7 Å². The van der Waals surface area contributed by atoms with Crippen LogP contribution >= 0.6 is 0 Å². The fourth-order valence-electron chi connectivity index (χ4n) is 2.52. The number of likely N-dealkylation sites (tertiary alicyclic amines) is 1. The summed E-state index contributed by atoms with van der Waals surface area (Å²) >= 11 is 0. The average Bonchev–Trinajstić information content (AvgIpc) is 3.08. The van der Waals surface area contributed by atoms with E-state index in [9.17, 15) is 9.59 Å². The summed E-state index contributed by atoms with van der Waals surface area (Å²) in [7, 11) is 0. The summed E-state index contributed by atoms with van der Waals surface area (Å²) in [6.07, 6.45) is 4.77. The Balaban J connectivity index is 2.02. The second kappa shape index (κ2) is 4.56. The molecule has 0 spiro atoms. The Morgan fingerprint density at radius 2 is 1.61 bits per heavy atom. The minimum atomic E-state index is -0.732. The van der Waals surface area contributed by atoms with E-state index >= 15 is 0 Å². The summed E-state index contributed by atoms with van der Waals surface area (Å²) in [4.78, 5) is 26.6. The molecule has 1 aliphatic heterocycles. The maximum absolute atomic E-state index is 12.5. The van der Waals surface area contributed by atoms with Gasteiger partial charge in [-0.2, -0.15) is 0 Å². The Morgan fingerprint density at radius 1 is 1.06 bits per heavy atom. The lowest BCUT2D eigenvalue weighted by molar-refractivity contribution is -0.145. The maximum atomic E-state index is 12.5. The topological polar surface area (TPSA) is 49.4 Å². The first-order valence-corrected chi connectivity index (χ1v) is 6.97. The molecule has 2 aliphatic rings. The molecule has 0 atom stereocenters. The molecule has 2 rings (SSSR count). The van der Waals surface area contributed by atoms with Crippen LogP contribution in [0.3, 0.4) is 0 Å². The van der Waals surface area contributed by atoms with Gasteiger partial charge in [0, 0.05) is 18.6 Å². The van der Waals surface area contributed by atoms with Gasteiger partial charge in [-0.05, 0) is 52.9 Å². The predicted molar refractivity (Wildman–Crippen MR) is 70.0 cm³/mol. The van der Waals surface area contributed by atoms with E-state index in [1.54, 1.807) is 0 Å². The number of hydrogen-bond donors (Lipinski definition) is 1. The van der Waals surface area contributed by atoms with Crippen molar-refractivity contribution in [2.75, 3.05) is 13.1 Å². The van der Waals surface area contributed by atoms with E-state index in [4.69, 9.17) is 0 Å². The molecule has 2 amide bonds. The zero-order valence-corrected chi connectivity index (χ0v) is 11.7. The normalized spacial score (nSPS) is 22.5. The van der Waals surface area contributed by atoms with Crippen LogP contribution in [0.2, 0.25) is 0 Å². The third-order valence-corrected chi connectivity index (χ3v) is 3.73. The van der Waals surface area contributed by atoms with Gasteiger partial charge in [-0.1, -0.05) is 0 Å². The van der Waals surface area contributed by atoms with Crippen LogP contribution in [-0.4, -0.2) is 35.3 Å². The van der Waals surface area contributed by atoms with Crippen molar-refractivity contribution in [3.05, 3.63) is 0 Å². The standard InChI is InChI=1S/C14H24N2O2/c1-13(2,3)15-11(17)14(7-8-14)12(18)16-9-5-4-6-10-16/h4-10H2,1-3H3,(H,15,17). The van der Waals surface area contributed by atoms with Gasteiger partial charge < -0.3 is 10.2 Å². The summed E-state index contributed by atoms with van der Waals surface area (Å²) < 4.78 is 0. The fraction of sp³-hybridized carbons (Fsp3) is 0.857. The SMILES string of the molecule is CC(C)(C)NC(=O)C1(C(=O)N2CCCCC2)CC1. The quantitative estimate of drug-likeness (QED) is 0.760. The van der Waals surface area contributed by atoms with Gasteiger partial charge in [0.15, 0.2) is 0 Å². The molecule has 1 saturated heterocycles. The molecule has 0 aromatic rings. The molecule has 0 aromatic heterocycles. The number of hydrogen-bond acceptors (Lipinski definition) is 2. The largest absolute Gasteiger partial charge is 0.351 e. The molecule has 4 heteroatoms. The zero-order chi connectivity index (χ0) is 13.4. The fourth-order valence-corrected chi connectivity index (χ4v) is 2.52. The van der Waals surface area contributed by atoms with Crippen LogP contribution in [0.25, 0.3) is 0 Å². The van der Waals surface area contributed by atoms with E-state index in [2.05, 4.69) is 5.32 Å². The molecule has 102 valence electrons. The van der Waals surface area contributed by atoms with Crippen LogP contribution in [0.4, 0.5) is 0 Å². The van der Waals surface area contributed by atoms with Gasteiger partial charge in [-0.15, -0.1) is 0 Å². The van der Waals surface area contributed by atoms with E-state index < -0.39 is 5.41 Å². The van der Waals surface area contributed by atoms with Crippen molar-refractivity contribution in [1.29, 1.82) is 0 Å². The Hall–Kier alpha value is -1.06. The summed E-state index contributed by atoms with van der Waals surface area (Å²) in [5, 5.41) is 2.96. The Labute approximate surface area is 109 Å². The highest BCUT2D eigenvalue weighted by atomic mass is 16.2. The minimum Gasteiger partial charge on any atom is -0.351 e. The molecule has 0 bridgehead atoms. The van der Waals surface area contributed by atoms with Crippen molar-refractivity contribution in [1.82, 2.24) is 10.2 Å². The number of piperidine rings is 1. The van der Waals surface area contributed by atoms with Crippen LogP contribution in [-0.2, 0) is 9.59 Å². The molecule has 4 nitrogen and oxygen atoms in total. The van der Waals surface area contributed by atoms with E-state index in [0.29, 0.717) is 12.8 Å². The van der Waals surface area contributed by atoms with Crippen molar-refractivity contribution >= 4 is 11.8 Å². The van der Waals surface area contributed by atoms with Gasteiger partial charge in [0.2, 0.25) is 11.8 Å². The number of amides is 2. The van der Waals surface area contributed by atoms with Crippen LogP contribution in [0, 0.1) is 5.41 Å². The zero-order valence-electron chi connectivity index (χ0n) is 11.7. The molecular weight excluding hydrogens is 228 g/mol. The first-order chi connectivity index (χ1) is 8.35. The summed E-state index contributed by atoms with van der Waals surface area (Å²) in [6, 6.07) is 0. The number of rotatable bonds is 2. The molecule has 18 heavy (non-hydrogen) atoms. The summed E-state index contributed by atoms with van der Waals surface area (Å²) in [5.41, 5.74) is -1.00. The van der Waals surface area contributed by atoms with Crippen LogP contribution in [0.5, 0.6) is 0 Å². The lowest BCUT2D eigenvalue weighted by Crippen LogP contribution is -2.51. The molecule has 0 aromatic carbocycles. The molecule has 0 unspecified atom stereocenters. The third-order valence-electron chi connectivity index (χ3n) is 3.73. The van der Waals surface area contributed by atoms with Crippen molar-refractivity contribution in [3.63, 3.8) is 0 Å². The minimum absolute atomic E-state index is 0.0592. The van der Waals surface area contributed by atoms with Gasteiger partial charge in [-0.25, -0.2) is 0 Å². The van der Waals surface area contributed by atoms with Crippen molar-refractivity contribution < 1.29 is 9.59 Å². The van der Waals surface area contributed by atoms with Crippen LogP contribution in [0.1, 0.15) is 52.9 Å². The number of carbonyl (C=O) groups is 2.